The van der Waals surface area contributed by atoms with Gasteiger partial charge in [0.05, 0.1) is 5.69 Å². The molecule has 2 N–H and O–H groups in total. The first kappa shape index (κ1) is 21.2. The molecule has 7 nitrogen and oxygen atoms in total. The lowest BCUT2D eigenvalue weighted by molar-refractivity contribution is -0.274. The number of aromatic nitrogens is 3. The number of rotatable bonds is 5. The second-order valence-electron chi connectivity index (χ2n) is 10.1. The Labute approximate surface area is 190 Å². The lowest BCUT2D eigenvalue weighted by atomic mass is 10.1. The highest BCUT2D eigenvalue weighted by Gasteiger charge is 2.59. The first-order valence-electron chi connectivity index (χ1n) is 11.8. The fourth-order valence-electron chi connectivity index (χ4n) is 5.91. The summed E-state index contributed by atoms with van der Waals surface area (Å²) < 4.78 is 44.6. The highest BCUT2D eigenvalue weighted by atomic mass is 19.4. The number of piperazine rings is 1. The zero-order valence-electron chi connectivity index (χ0n) is 18.6. The molecule has 1 aliphatic heterocycles. The van der Waals surface area contributed by atoms with Gasteiger partial charge in [-0.2, -0.15) is 0 Å². The molecule has 1 saturated heterocycles. The largest absolute Gasteiger partial charge is 0.573 e. The van der Waals surface area contributed by atoms with Crippen molar-refractivity contribution in [3.8, 4) is 17.0 Å². The van der Waals surface area contributed by atoms with E-state index in [4.69, 9.17) is 10.7 Å². The van der Waals surface area contributed by atoms with E-state index < -0.39 is 12.1 Å². The summed E-state index contributed by atoms with van der Waals surface area (Å²) in [4.78, 5) is 13.8. The Morgan fingerprint density at radius 3 is 2.42 bits per heavy atom. The number of nitrogen functional groups attached to an aromatic ring is 1. The molecular weight excluding hydrogens is 433 g/mol. The lowest BCUT2D eigenvalue weighted by Gasteiger charge is -2.37. The average molecular weight is 463 g/mol. The van der Waals surface area contributed by atoms with Crippen LogP contribution in [-0.4, -0.2) is 70.0 Å². The van der Waals surface area contributed by atoms with Crippen molar-refractivity contribution < 1.29 is 17.9 Å². The quantitative estimate of drug-likeness (QED) is 0.734. The van der Waals surface area contributed by atoms with E-state index >= 15 is 0 Å². The van der Waals surface area contributed by atoms with E-state index in [2.05, 4.69) is 31.1 Å². The molecule has 2 aromatic rings. The molecule has 3 aliphatic carbocycles. The van der Waals surface area contributed by atoms with Crippen molar-refractivity contribution in [2.24, 2.45) is 11.8 Å². The summed E-state index contributed by atoms with van der Waals surface area (Å²) in [5, 5.41) is 0. The van der Waals surface area contributed by atoms with Gasteiger partial charge in [-0.1, -0.05) is 0 Å². The molecule has 3 saturated carbocycles. The predicted octanol–water partition coefficient (Wildman–Crippen LogP) is 3.50. The first-order chi connectivity index (χ1) is 15.8. The maximum atomic E-state index is 12.7. The van der Waals surface area contributed by atoms with E-state index in [0.717, 1.165) is 44.8 Å². The molecule has 0 radical (unpaired) electrons. The molecular formula is C23H29F3N6O. The van der Waals surface area contributed by atoms with E-state index in [1.54, 1.807) is 0 Å². The fourth-order valence-corrected chi connectivity index (χ4v) is 5.91. The first-order valence-corrected chi connectivity index (χ1v) is 11.8. The lowest BCUT2D eigenvalue weighted by Crippen LogP contribution is -2.48. The molecule has 3 heterocycles. The van der Waals surface area contributed by atoms with E-state index in [9.17, 15) is 13.2 Å². The second-order valence-corrected chi connectivity index (χ2v) is 10.1. The highest BCUT2D eigenvalue weighted by Crippen LogP contribution is 2.62. The number of likely N-dealkylation sites (N-methyl/N-ethyl adjacent to an activating group) is 1. The predicted molar refractivity (Wildman–Crippen MR) is 117 cm³/mol. The van der Waals surface area contributed by atoms with E-state index in [0.29, 0.717) is 41.1 Å². The summed E-state index contributed by atoms with van der Waals surface area (Å²) in [6, 6.07) is 2.43. The standard InChI is InChI=1S/C23H29F3N6O/c1-30-4-6-31(7-5-30)15-9-16-17(10-15)20(16)32-12-18(29-22(32)13-2-3-13)14-8-19(21(27)28-11-14)33-23(24,25)26/h8,11-13,15-17,20H,2-7,9-10H2,1H3,(H2,27,28)/t15?,16-,17+,20?. The van der Waals surface area contributed by atoms with Crippen LogP contribution >= 0.6 is 0 Å². The van der Waals surface area contributed by atoms with Crippen LogP contribution in [0.3, 0.4) is 0 Å². The molecule has 10 heteroatoms. The maximum Gasteiger partial charge on any atom is 0.573 e. The van der Waals surface area contributed by atoms with Crippen molar-refractivity contribution in [1.82, 2.24) is 24.3 Å². The normalized spacial score (nSPS) is 30.4. The van der Waals surface area contributed by atoms with Crippen molar-refractivity contribution in [3.05, 3.63) is 24.3 Å². The van der Waals surface area contributed by atoms with Gasteiger partial charge in [-0.3, -0.25) is 4.90 Å². The summed E-state index contributed by atoms with van der Waals surface area (Å²) in [7, 11) is 2.18. The van der Waals surface area contributed by atoms with Crippen molar-refractivity contribution >= 4 is 5.82 Å². The monoisotopic (exact) mass is 462 g/mol. The Hall–Kier alpha value is -2.33. The summed E-state index contributed by atoms with van der Waals surface area (Å²) in [5.41, 5.74) is 6.73. The summed E-state index contributed by atoms with van der Waals surface area (Å²) in [6.45, 7) is 4.59. The van der Waals surface area contributed by atoms with Crippen molar-refractivity contribution in [2.75, 3.05) is 39.0 Å². The molecule has 0 spiro atoms. The van der Waals surface area contributed by atoms with Gasteiger partial charge in [0, 0.05) is 62.1 Å². The Morgan fingerprint density at radius 1 is 1.09 bits per heavy atom. The van der Waals surface area contributed by atoms with Crippen LogP contribution in [0, 0.1) is 11.8 Å². The van der Waals surface area contributed by atoms with Crippen LogP contribution in [0.15, 0.2) is 18.5 Å². The van der Waals surface area contributed by atoms with Crippen LogP contribution < -0.4 is 10.5 Å². The molecule has 33 heavy (non-hydrogen) atoms. The summed E-state index contributed by atoms with van der Waals surface area (Å²) >= 11 is 0. The number of imidazole rings is 1. The summed E-state index contributed by atoms with van der Waals surface area (Å²) in [5.74, 6) is 2.08. The van der Waals surface area contributed by atoms with E-state index in [1.165, 1.54) is 25.1 Å². The minimum absolute atomic E-state index is 0.287. The third kappa shape index (κ3) is 4.07. The van der Waals surface area contributed by atoms with Gasteiger partial charge >= 0.3 is 6.36 Å². The van der Waals surface area contributed by atoms with Gasteiger partial charge in [0.25, 0.3) is 0 Å². The number of nitrogens with two attached hydrogens (primary N) is 1. The number of hydrogen-bond donors (Lipinski definition) is 1. The SMILES string of the molecule is CN1CCN(C2C[C@@H]3C(n4cc(-c5cnc(N)c(OC(F)(F)F)c5)nc4C4CC4)[C@@H]3C2)CC1. The van der Waals surface area contributed by atoms with Gasteiger partial charge < -0.3 is 19.9 Å². The van der Waals surface area contributed by atoms with Crippen molar-refractivity contribution in [3.63, 3.8) is 0 Å². The number of fused-ring (bicyclic) bond motifs is 1. The second kappa shape index (κ2) is 7.59. The number of halogens is 3. The topological polar surface area (TPSA) is 72.4 Å². The molecule has 4 fully saturated rings. The molecule has 0 amide bonds. The third-order valence-corrected chi connectivity index (χ3v) is 7.86. The number of alkyl halides is 3. The highest BCUT2D eigenvalue weighted by molar-refractivity contribution is 5.64. The Morgan fingerprint density at radius 2 is 1.79 bits per heavy atom. The third-order valence-electron chi connectivity index (χ3n) is 7.86. The molecule has 178 valence electrons. The summed E-state index contributed by atoms with van der Waals surface area (Å²) in [6.07, 6.45) is 3.34. The smallest absolute Gasteiger partial charge is 0.402 e. The fraction of sp³-hybridized carbons (Fsp3) is 0.652. The van der Waals surface area contributed by atoms with Crippen LogP contribution in [0.1, 0.15) is 43.5 Å². The molecule has 0 aromatic carbocycles. The minimum atomic E-state index is -4.82. The Balaban J connectivity index is 1.21. The van der Waals surface area contributed by atoms with E-state index in [-0.39, 0.29) is 5.82 Å². The van der Waals surface area contributed by atoms with Gasteiger partial charge in [-0.25, -0.2) is 9.97 Å². The zero-order chi connectivity index (χ0) is 22.9. The van der Waals surface area contributed by atoms with Gasteiger partial charge in [0.15, 0.2) is 11.6 Å². The van der Waals surface area contributed by atoms with E-state index in [1.807, 2.05) is 6.20 Å². The average Bonchev–Trinajstić information content (AvgIpc) is 3.63. The molecule has 4 atom stereocenters. The van der Waals surface area contributed by atoms with Crippen LogP contribution in [0.2, 0.25) is 0 Å². The van der Waals surface area contributed by atoms with Crippen molar-refractivity contribution in [2.45, 2.75) is 50.0 Å². The molecule has 4 aliphatic rings. The molecule has 2 aromatic heterocycles. The number of pyridine rings is 1. The maximum absolute atomic E-state index is 12.7. The number of anilines is 1. The zero-order valence-corrected chi connectivity index (χ0v) is 18.6. The number of nitrogens with zero attached hydrogens (tertiary/aromatic N) is 5. The molecule has 6 rings (SSSR count). The van der Waals surface area contributed by atoms with Crippen LogP contribution in [0.25, 0.3) is 11.3 Å². The van der Waals surface area contributed by atoms with Crippen molar-refractivity contribution in [1.29, 1.82) is 0 Å². The van der Waals surface area contributed by atoms with Gasteiger partial charge in [0.1, 0.15) is 5.82 Å². The van der Waals surface area contributed by atoms with Gasteiger partial charge in [-0.15, -0.1) is 13.2 Å². The number of hydrogen-bond acceptors (Lipinski definition) is 6. The Bertz CT molecular complexity index is 1030. The van der Waals surface area contributed by atoms with Gasteiger partial charge in [0.2, 0.25) is 0 Å². The Kier molecular flexibility index (Phi) is 4.88. The number of ether oxygens (including phenoxy) is 1. The molecule has 2 unspecified atom stereocenters. The van der Waals surface area contributed by atoms with Crippen LogP contribution in [-0.2, 0) is 0 Å². The molecule has 0 bridgehead atoms. The van der Waals surface area contributed by atoms with Crippen LogP contribution in [0.5, 0.6) is 5.75 Å². The van der Waals surface area contributed by atoms with Gasteiger partial charge in [-0.05, 0) is 50.6 Å². The van der Waals surface area contributed by atoms with Crippen LogP contribution in [0.4, 0.5) is 19.0 Å². The minimum Gasteiger partial charge on any atom is -0.402 e.